The first kappa shape index (κ1) is 17.7. The predicted molar refractivity (Wildman–Crippen MR) is 97.4 cm³/mol. The van der Waals surface area contributed by atoms with Crippen molar-refractivity contribution < 1.29 is 0 Å². The number of nitrogens with zero attached hydrogens (tertiary/aromatic N) is 1. The van der Waals surface area contributed by atoms with Crippen molar-refractivity contribution in [1.82, 2.24) is 9.88 Å². The van der Waals surface area contributed by atoms with Gasteiger partial charge in [0.1, 0.15) is 7.28 Å². The Morgan fingerprint density at radius 1 is 1.48 bits per heavy atom. The van der Waals surface area contributed by atoms with Crippen LogP contribution in [0.1, 0.15) is 20.8 Å². The van der Waals surface area contributed by atoms with Gasteiger partial charge in [-0.25, -0.2) is 0 Å². The van der Waals surface area contributed by atoms with Crippen molar-refractivity contribution >= 4 is 31.7 Å². The van der Waals surface area contributed by atoms with Gasteiger partial charge in [-0.05, 0) is 24.3 Å². The Kier molecular flexibility index (Phi) is 7.45. The number of halogens is 1. The van der Waals surface area contributed by atoms with Crippen molar-refractivity contribution in [3.8, 4) is 0 Å². The van der Waals surface area contributed by atoms with Gasteiger partial charge >= 0.3 is 0 Å². The molecule has 1 N–H and O–H groups in total. The lowest BCUT2D eigenvalue weighted by Crippen LogP contribution is -2.31. The second-order valence-electron chi connectivity index (χ2n) is 5.86. The third-order valence-electron chi connectivity index (χ3n) is 3.32. The fraction of sp³-hybridized carbons (Fsp3) is 0.412. The van der Waals surface area contributed by atoms with Crippen molar-refractivity contribution in [2.45, 2.75) is 39.0 Å². The van der Waals surface area contributed by atoms with Gasteiger partial charge in [-0.3, -0.25) is 0 Å². The van der Waals surface area contributed by atoms with Gasteiger partial charge in [0.25, 0.3) is 0 Å². The van der Waals surface area contributed by atoms with E-state index in [2.05, 4.69) is 44.8 Å². The van der Waals surface area contributed by atoms with Crippen molar-refractivity contribution in [2.24, 2.45) is 7.05 Å². The molecule has 4 heteroatoms. The van der Waals surface area contributed by atoms with Crippen molar-refractivity contribution in [2.75, 3.05) is 0 Å². The molecule has 0 aliphatic carbocycles. The van der Waals surface area contributed by atoms with E-state index in [1.165, 1.54) is 7.28 Å². The van der Waals surface area contributed by atoms with E-state index in [0.717, 1.165) is 21.9 Å². The molecule has 1 atom stereocenters. The van der Waals surface area contributed by atoms with E-state index < -0.39 is 0 Å². The Balaban J connectivity index is 2.54. The zero-order valence-electron chi connectivity index (χ0n) is 13.6. The molecule has 21 heavy (non-hydrogen) atoms. The lowest BCUT2D eigenvalue weighted by molar-refractivity contribution is 0.789. The number of rotatable bonds is 7. The average Bonchev–Trinajstić information content (AvgIpc) is 2.73. The molecule has 1 rings (SSSR count). The van der Waals surface area contributed by atoms with E-state index in [1.807, 2.05) is 36.2 Å². The summed E-state index contributed by atoms with van der Waals surface area (Å²) in [7, 11) is 3.18. The van der Waals surface area contributed by atoms with Crippen LogP contribution in [0.15, 0.2) is 35.5 Å². The number of nitrogens with one attached hydrogen (secondary N) is 1. The maximum atomic E-state index is 6.18. The monoisotopic (exact) mass is 304 g/mol. The molecule has 0 saturated carbocycles. The molecule has 0 radical (unpaired) electrons. The van der Waals surface area contributed by atoms with Gasteiger partial charge < -0.3 is 9.88 Å². The van der Waals surface area contributed by atoms with Crippen LogP contribution in [0, 0.1) is 0 Å². The second kappa shape index (κ2) is 8.83. The second-order valence-corrected chi connectivity index (χ2v) is 6.29. The number of aromatic nitrogens is 1. The Morgan fingerprint density at radius 3 is 2.76 bits per heavy atom. The molecule has 1 unspecified atom stereocenters. The quantitative estimate of drug-likeness (QED) is 0.605. The number of aryl methyl sites for hydroxylation is 1. The third-order valence-corrected chi connectivity index (χ3v) is 3.60. The highest BCUT2D eigenvalue weighted by molar-refractivity contribution is 6.38. The smallest absolute Gasteiger partial charge is 0.127 e. The summed E-state index contributed by atoms with van der Waals surface area (Å²) in [6, 6.07) is 2.22. The molecule has 1 aromatic rings. The molecular weight excluding hydrogens is 278 g/mol. The van der Waals surface area contributed by atoms with Gasteiger partial charge in [0.2, 0.25) is 0 Å². The molecule has 0 bridgehead atoms. The fourth-order valence-corrected chi connectivity index (χ4v) is 2.10. The average molecular weight is 305 g/mol. The molecule has 0 amide bonds. The summed E-state index contributed by atoms with van der Waals surface area (Å²) in [6.45, 7) is 10.5. The molecule has 1 heterocycles. The third kappa shape index (κ3) is 6.77. The van der Waals surface area contributed by atoms with E-state index >= 15 is 0 Å². The van der Waals surface area contributed by atoms with E-state index in [4.69, 9.17) is 11.6 Å². The van der Waals surface area contributed by atoms with Crippen LogP contribution in [0.3, 0.4) is 0 Å². The van der Waals surface area contributed by atoms with Gasteiger partial charge in [0.15, 0.2) is 0 Å². The first-order valence-corrected chi connectivity index (χ1v) is 7.88. The maximum absolute atomic E-state index is 6.18. The number of allylic oxidation sites excluding steroid dienone is 3. The SMILES string of the molecule is C=c1ccn(C)/c1=C\NC(C)/C=C\C(Cl)=C/CBC(C)C. The highest BCUT2D eigenvalue weighted by Crippen LogP contribution is 2.08. The zero-order valence-corrected chi connectivity index (χ0v) is 14.3. The van der Waals surface area contributed by atoms with E-state index in [0.29, 0.717) is 5.82 Å². The molecule has 0 aliphatic rings. The molecule has 0 spiro atoms. The van der Waals surface area contributed by atoms with Crippen LogP contribution in [-0.4, -0.2) is 17.9 Å². The summed E-state index contributed by atoms with van der Waals surface area (Å²) < 4.78 is 2.05. The molecule has 0 aliphatic heterocycles. The maximum Gasteiger partial charge on any atom is 0.127 e. The largest absolute Gasteiger partial charge is 0.383 e. The summed E-state index contributed by atoms with van der Waals surface area (Å²) in [5.74, 6) is 0.715. The minimum atomic E-state index is 0.214. The first-order chi connectivity index (χ1) is 9.90. The Bertz CT molecular complexity index is 599. The molecule has 2 nitrogen and oxygen atoms in total. The Labute approximate surface area is 134 Å². The van der Waals surface area contributed by atoms with E-state index in [-0.39, 0.29) is 6.04 Å². The van der Waals surface area contributed by atoms with Gasteiger partial charge in [0.05, 0.1) is 5.35 Å². The van der Waals surface area contributed by atoms with E-state index in [1.54, 1.807) is 0 Å². The lowest BCUT2D eigenvalue weighted by Gasteiger charge is -2.06. The molecular formula is C17H26BClN2. The topological polar surface area (TPSA) is 17.0 Å². The molecule has 0 fully saturated rings. The molecule has 114 valence electrons. The Morgan fingerprint density at radius 2 is 2.19 bits per heavy atom. The van der Waals surface area contributed by atoms with Crippen molar-refractivity contribution in [1.29, 1.82) is 0 Å². The molecule has 0 aromatic carbocycles. The van der Waals surface area contributed by atoms with Crippen LogP contribution in [0.4, 0.5) is 0 Å². The molecule has 0 saturated heterocycles. The first-order valence-electron chi connectivity index (χ1n) is 7.50. The van der Waals surface area contributed by atoms with Crippen LogP contribution in [-0.2, 0) is 7.05 Å². The summed E-state index contributed by atoms with van der Waals surface area (Å²) in [4.78, 5) is 0. The number of hydrogen-bond acceptors (Lipinski definition) is 1. The number of hydrogen-bond donors (Lipinski definition) is 1. The fourth-order valence-electron chi connectivity index (χ4n) is 1.91. The van der Waals surface area contributed by atoms with Crippen LogP contribution in [0.25, 0.3) is 12.8 Å². The van der Waals surface area contributed by atoms with Crippen LogP contribution >= 0.6 is 11.6 Å². The van der Waals surface area contributed by atoms with Crippen LogP contribution in [0.2, 0.25) is 12.1 Å². The van der Waals surface area contributed by atoms with Crippen molar-refractivity contribution in [3.05, 3.63) is 46.1 Å². The lowest BCUT2D eigenvalue weighted by atomic mass is 9.64. The normalized spacial score (nSPS) is 15.0. The van der Waals surface area contributed by atoms with Crippen LogP contribution in [0.5, 0.6) is 0 Å². The highest BCUT2D eigenvalue weighted by atomic mass is 35.5. The summed E-state index contributed by atoms with van der Waals surface area (Å²) in [6.07, 6.45) is 11.1. The van der Waals surface area contributed by atoms with Gasteiger partial charge in [-0.1, -0.05) is 56.3 Å². The molecule has 1 aromatic heterocycles. The Hall–Kier alpha value is -1.35. The van der Waals surface area contributed by atoms with Gasteiger partial charge in [-0.2, -0.15) is 0 Å². The summed E-state index contributed by atoms with van der Waals surface area (Å²) >= 11 is 6.18. The highest BCUT2D eigenvalue weighted by Gasteiger charge is 1.96. The predicted octanol–water partition coefficient (Wildman–Crippen LogP) is 2.51. The van der Waals surface area contributed by atoms with Crippen LogP contribution < -0.4 is 15.9 Å². The van der Waals surface area contributed by atoms with Gasteiger partial charge in [-0.15, -0.1) is 0 Å². The van der Waals surface area contributed by atoms with Crippen molar-refractivity contribution in [3.63, 3.8) is 0 Å². The zero-order chi connectivity index (χ0) is 15.8. The standard InChI is InChI=1S/C17H26BClN2/c1-13(2)18-10-8-16(19)7-6-15(4)20-12-17-14(3)9-11-21(17)5/h6-9,11-13,15,18,20H,3,10H2,1-2,4-5H3/b7-6-,16-8+,17-12-. The summed E-state index contributed by atoms with van der Waals surface area (Å²) in [5, 5.41) is 6.26. The minimum Gasteiger partial charge on any atom is -0.383 e. The minimum absolute atomic E-state index is 0.214. The summed E-state index contributed by atoms with van der Waals surface area (Å²) in [5.41, 5.74) is 0. The van der Waals surface area contributed by atoms with Gasteiger partial charge in [0, 0.05) is 30.5 Å². The van der Waals surface area contributed by atoms with E-state index in [9.17, 15) is 0 Å².